The summed E-state index contributed by atoms with van der Waals surface area (Å²) in [4.78, 5) is 0. The Morgan fingerprint density at radius 2 is 2.21 bits per heavy atom. The number of hydrogen-bond acceptors (Lipinski definition) is 2. The molecule has 2 aliphatic rings. The van der Waals surface area contributed by atoms with Crippen LogP contribution in [0.4, 0.5) is 0 Å². The molecule has 104 valence electrons. The Hall–Kier alpha value is -1.02. The van der Waals surface area contributed by atoms with Gasteiger partial charge in [-0.2, -0.15) is 0 Å². The van der Waals surface area contributed by atoms with Crippen LogP contribution in [-0.2, 0) is 5.41 Å². The monoisotopic (exact) mass is 259 g/mol. The van der Waals surface area contributed by atoms with Crippen LogP contribution >= 0.6 is 0 Å². The van der Waals surface area contributed by atoms with Gasteiger partial charge in [0.05, 0.1) is 7.11 Å². The molecule has 1 aromatic rings. The highest BCUT2D eigenvalue weighted by molar-refractivity contribution is 5.45. The van der Waals surface area contributed by atoms with Gasteiger partial charge in [-0.05, 0) is 60.3 Å². The molecule has 0 spiro atoms. The molecule has 1 saturated carbocycles. The molecule has 1 fully saturated rings. The molecule has 2 bridgehead atoms. The highest BCUT2D eigenvalue weighted by Gasteiger charge is 2.43. The summed E-state index contributed by atoms with van der Waals surface area (Å²) in [5, 5.41) is 0. The minimum Gasteiger partial charge on any atom is -0.497 e. The lowest BCUT2D eigenvalue weighted by Gasteiger charge is -2.44. The van der Waals surface area contributed by atoms with Crippen molar-refractivity contribution in [3.05, 3.63) is 29.3 Å². The maximum absolute atomic E-state index is 6.53. The molecule has 2 unspecified atom stereocenters. The van der Waals surface area contributed by atoms with Gasteiger partial charge < -0.3 is 10.5 Å². The van der Waals surface area contributed by atoms with Gasteiger partial charge in [-0.1, -0.05) is 25.8 Å². The Labute approximate surface area is 116 Å². The van der Waals surface area contributed by atoms with E-state index in [0.29, 0.717) is 11.3 Å². The highest BCUT2D eigenvalue weighted by atomic mass is 16.5. The average Bonchev–Trinajstić information content (AvgIpc) is 2.66. The summed E-state index contributed by atoms with van der Waals surface area (Å²) in [7, 11) is 1.75. The zero-order chi connectivity index (χ0) is 13.5. The van der Waals surface area contributed by atoms with Crippen molar-refractivity contribution in [3.63, 3.8) is 0 Å². The van der Waals surface area contributed by atoms with Crippen molar-refractivity contribution >= 4 is 0 Å². The van der Waals surface area contributed by atoms with Gasteiger partial charge in [-0.3, -0.25) is 0 Å². The van der Waals surface area contributed by atoms with Crippen LogP contribution in [0.3, 0.4) is 0 Å². The molecule has 2 N–H and O–H groups in total. The lowest BCUT2D eigenvalue weighted by Crippen LogP contribution is -2.38. The van der Waals surface area contributed by atoms with Crippen LogP contribution in [0.5, 0.6) is 5.75 Å². The topological polar surface area (TPSA) is 35.2 Å². The standard InChI is InChI=1S/C17H25NO/c1-3-17-9-5-4-6-12(11-17)16(18)14-8-7-13(19-2)10-15(14)17/h7-8,10,12,16H,3-6,9,11,18H2,1-2H3/t12?,16?,17-/m1/s1. The summed E-state index contributed by atoms with van der Waals surface area (Å²) in [6.45, 7) is 2.34. The van der Waals surface area contributed by atoms with Crippen molar-refractivity contribution in [1.29, 1.82) is 0 Å². The second-order valence-corrected chi connectivity index (χ2v) is 6.32. The summed E-state index contributed by atoms with van der Waals surface area (Å²) in [6, 6.07) is 6.75. The summed E-state index contributed by atoms with van der Waals surface area (Å²) in [5.74, 6) is 1.64. The van der Waals surface area contributed by atoms with Gasteiger partial charge in [-0.15, -0.1) is 0 Å². The number of ether oxygens (including phenoxy) is 1. The van der Waals surface area contributed by atoms with Crippen LogP contribution in [0.15, 0.2) is 18.2 Å². The molecule has 0 amide bonds. The third kappa shape index (κ3) is 1.97. The minimum absolute atomic E-state index is 0.221. The van der Waals surface area contributed by atoms with E-state index in [1.54, 1.807) is 7.11 Å². The fourth-order valence-electron chi connectivity index (χ4n) is 4.30. The Kier molecular flexibility index (Phi) is 3.30. The molecule has 19 heavy (non-hydrogen) atoms. The molecule has 3 atom stereocenters. The van der Waals surface area contributed by atoms with E-state index < -0.39 is 0 Å². The molecular weight excluding hydrogens is 234 g/mol. The molecule has 1 aromatic carbocycles. The van der Waals surface area contributed by atoms with Crippen LogP contribution in [0.25, 0.3) is 0 Å². The summed E-state index contributed by atoms with van der Waals surface area (Å²) in [6.07, 6.45) is 7.78. The van der Waals surface area contributed by atoms with Crippen LogP contribution in [0, 0.1) is 5.92 Å². The quantitative estimate of drug-likeness (QED) is 0.873. The third-order valence-corrected chi connectivity index (χ3v) is 5.51. The smallest absolute Gasteiger partial charge is 0.119 e. The fraction of sp³-hybridized carbons (Fsp3) is 0.647. The number of fused-ring (bicyclic) bond motifs is 4. The van der Waals surface area contributed by atoms with Crippen LogP contribution in [0.1, 0.15) is 62.6 Å². The van der Waals surface area contributed by atoms with Gasteiger partial charge in [0.2, 0.25) is 0 Å². The molecule has 2 heteroatoms. The number of nitrogens with two attached hydrogens (primary N) is 1. The molecule has 2 nitrogen and oxygen atoms in total. The zero-order valence-corrected chi connectivity index (χ0v) is 12.1. The maximum atomic E-state index is 6.53. The zero-order valence-electron chi connectivity index (χ0n) is 12.1. The molecular formula is C17H25NO. The van der Waals surface area contributed by atoms with E-state index in [0.717, 1.165) is 5.75 Å². The number of methoxy groups -OCH3 is 1. The van der Waals surface area contributed by atoms with Crippen molar-refractivity contribution in [2.24, 2.45) is 11.7 Å². The molecule has 0 aliphatic heterocycles. The Bertz CT molecular complexity index is 470. The lowest BCUT2D eigenvalue weighted by atomic mass is 9.62. The first-order valence-electron chi connectivity index (χ1n) is 7.64. The number of rotatable bonds is 2. The molecule has 0 radical (unpaired) electrons. The summed E-state index contributed by atoms with van der Waals surface area (Å²) >= 11 is 0. The molecule has 0 saturated heterocycles. The number of benzene rings is 1. The number of hydrogen-bond donors (Lipinski definition) is 1. The van der Waals surface area contributed by atoms with Gasteiger partial charge in [0, 0.05) is 6.04 Å². The van der Waals surface area contributed by atoms with E-state index in [4.69, 9.17) is 10.5 Å². The predicted octanol–water partition coefficient (Wildman–Crippen LogP) is 3.94. The van der Waals surface area contributed by atoms with Crippen molar-refractivity contribution in [3.8, 4) is 5.75 Å². The minimum atomic E-state index is 0.221. The van der Waals surface area contributed by atoms with Crippen LogP contribution < -0.4 is 10.5 Å². The fourth-order valence-corrected chi connectivity index (χ4v) is 4.30. The average molecular weight is 259 g/mol. The Balaban J connectivity index is 2.15. The first kappa shape index (κ1) is 13.0. The largest absolute Gasteiger partial charge is 0.497 e. The van der Waals surface area contributed by atoms with E-state index in [9.17, 15) is 0 Å². The van der Waals surface area contributed by atoms with Gasteiger partial charge in [0.15, 0.2) is 0 Å². The lowest BCUT2D eigenvalue weighted by molar-refractivity contribution is 0.245. The summed E-state index contributed by atoms with van der Waals surface area (Å²) < 4.78 is 5.43. The van der Waals surface area contributed by atoms with Gasteiger partial charge >= 0.3 is 0 Å². The SMILES string of the molecule is CC[C@@]12CCCCC(C1)C(N)c1ccc(OC)cc12. The maximum Gasteiger partial charge on any atom is 0.119 e. The van der Waals surface area contributed by atoms with Gasteiger partial charge in [-0.25, -0.2) is 0 Å². The molecule has 0 heterocycles. The molecule has 3 rings (SSSR count). The van der Waals surface area contributed by atoms with Crippen molar-refractivity contribution in [1.82, 2.24) is 0 Å². The Morgan fingerprint density at radius 1 is 1.37 bits per heavy atom. The second-order valence-electron chi connectivity index (χ2n) is 6.32. The highest BCUT2D eigenvalue weighted by Crippen LogP contribution is 2.52. The van der Waals surface area contributed by atoms with E-state index >= 15 is 0 Å². The second kappa shape index (κ2) is 4.82. The van der Waals surface area contributed by atoms with Crippen LogP contribution in [0.2, 0.25) is 0 Å². The van der Waals surface area contributed by atoms with Gasteiger partial charge in [0.25, 0.3) is 0 Å². The van der Waals surface area contributed by atoms with Gasteiger partial charge in [0.1, 0.15) is 5.75 Å². The van der Waals surface area contributed by atoms with E-state index in [2.05, 4.69) is 25.1 Å². The normalized spacial score (nSPS) is 33.4. The van der Waals surface area contributed by atoms with Crippen LogP contribution in [-0.4, -0.2) is 7.11 Å². The van der Waals surface area contributed by atoms with Crippen molar-refractivity contribution < 1.29 is 4.74 Å². The Morgan fingerprint density at radius 3 is 2.95 bits per heavy atom. The third-order valence-electron chi connectivity index (χ3n) is 5.51. The first-order chi connectivity index (χ1) is 9.20. The van der Waals surface area contributed by atoms with Crippen molar-refractivity contribution in [2.75, 3.05) is 7.11 Å². The molecule has 2 aliphatic carbocycles. The molecule has 0 aromatic heterocycles. The summed E-state index contributed by atoms with van der Waals surface area (Å²) in [5.41, 5.74) is 9.73. The van der Waals surface area contributed by atoms with E-state index in [-0.39, 0.29) is 6.04 Å². The van der Waals surface area contributed by atoms with E-state index in [1.165, 1.54) is 49.7 Å². The van der Waals surface area contributed by atoms with E-state index in [1.807, 2.05) is 0 Å². The first-order valence-corrected chi connectivity index (χ1v) is 7.64. The van der Waals surface area contributed by atoms with Crippen molar-refractivity contribution in [2.45, 2.75) is 56.9 Å². The predicted molar refractivity (Wildman–Crippen MR) is 78.5 cm³/mol.